The van der Waals surface area contributed by atoms with Crippen LogP contribution in [-0.2, 0) is 0 Å². The Balaban J connectivity index is 1.65. The zero-order valence-corrected chi connectivity index (χ0v) is 13.7. The molecule has 0 heterocycles. The molecule has 3 aromatic carbocycles. The first kappa shape index (κ1) is 16.1. The second-order valence-corrected chi connectivity index (χ2v) is 5.91. The maximum absolute atomic E-state index is 12.4. The topological polar surface area (TPSA) is 35.5 Å². The van der Waals surface area contributed by atoms with E-state index < -0.39 is 5.97 Å². The summed E-state index contributed by atoms with van der Waals surface area (Å²) in [6, 6.07) is 26.1. The van der Waals surface area contributed by atoms with Gasteiger partial charge in [0.2, 0.25) is 0 Å². The largest absolute Gasteiger partial charge is 0.482 e. The molecule has 24 heavy (non-hydrogen) atoms. The molecule has 120 valence electrons. The number of thioether (sulfide) groups is 1. The average molecular weight is 336 g/mol. The van der Waals surface area contributed by atoms with Crippen LogP contribution in [0.4, 0.5) is 0 Å². The molecule has 0 aliphatic heterocycles. The number of hydrogen-bond donors (Lipinski definition) is 0. The van der Waals surface area contributed by atoms with Crippen molar-refractivity contribution in [2.24, 2.45) is 0 Å². The van der Waals surface area contributed by atoms with E-state index in [1.165, 1.54) is 0 Å². The van der Waals surface area contributed by atoms with Crippen LogP contribution in [0.25, 0.3) is 0 Å². The molecule has 0 spiro atoms. The lowest BCUT2D eigenvalue weighted by atomic mass is 10.2. The number of para-hydroxylation sites is 2. The number of esters is 1. The van der Waals surface area contributed by atoms with Gasteiger partial charge in [0.05, 0.1) is 0 Å². The second kappa shape index (κ2) is 8.22. The fourth-order valence-corrected chi connectivity index (χ4v) is 2.76. The maximum Gasteiger partial charge on any atom is 0.347 e. The Labute approximate surface area is 145 Å². The molecule has 0 aromatic heterocycles. The third kappa shape index (κ3) is 4.40. The van der Waals surface area contributed by atoms with Gasteiger partial charge in [-0.25, -0.2) is 4.79 Å². The van der Waals surface area contributed by atoms with Crippen LogP contribution in [0.3, 0.4) is 0 Å². The number of rotatable bonds is 6. The quantitative estimate of drug-likeness (QED) is 0.274. The van der Waals surface area contributed by atoms with E-state index in [-0.39, 0.29) is 0 Å². The van der Waals surface area contributed by atoms with Crippen LogP contribution in [0.5, 0.6) is 11.5 Å². The summed E-state index contributed by atoms with van der Waals surface area (Å²) in [5, 5.41) is 0. The van der Waals surface area contributed by atoms with Crippen LogP contribution < -0.4 is 9.47 Å². The van der Waals surface area contributed by atoms with Crippen LogP contribution in [-0.4, -0.2) is 11.9 Å². The van der Waals surface area contributed by atoms with Crippen LogP contribution in [0.15, 0.2) is 89.8 Å². The third-order valence-corrected chi connectivity index (χ3v) is 4.09. The Morgan fingerprint density at radius 2 is 1.42 bits per heavy atom. The fraction of sp³-hybridized carbons (Fsp3) is 0.0500. The van der Waals surface area contributed by atoms with Gasteiger partial charge in [-0.2, -0.15) is 0 Å². The number of carbonyl (C=O) groups is 1. The zero-order chi connectivity index (χ0) is 16.6. The molecule has 0 fully saturated rings. The Morgan fingerprint density at radius 3 is 2.17 bits per heavy atom. The van der Waals surface area contributed by atoms with E-state index in [2.05, 4.69) is 0 Å². The Kier molecular flexibility index (Phi) is 5.53. The molecule has 0 aliphatic rings. The van der Waals surface area contributed by atoms with Gasteiger partial charge in [-0.3, -0.25) is 0 Å². The minimum absolute atomic E-state index is 0.412. The van der Waals surface area contributed by atoms with Gasteiger partial charge < -0.3 is 9.47 Å². The van der Waals surface area contributed by atoms with Crippen LogP contribution in [0.1, 0.15) is 10.4 Å². The molecule has 0 N–H and O–H groups in total. The van der Waals surface area contributed by atoms with Gasteiger partial charge in [0.15, 0.2) is 0 Å². The SMILES string of the molecule is O=C(Oc1ccccc1)c1ccccc1OCSc1ccccc1. The van der Waals surface area contributed by atoms with E-state index in [1.807, 2.05) is 54.6 Å². The van der Waals surface area contributed by atoms with E-state index in [4.69, 9.17) is 9.47 Å². The summed E-state index contributed by atoms with van der Waals surface area (Å²) in [4.78, 5) is 13.5. The Hall–Kier alpha value is -2.72. The third-order valence-electron chi connectivity index (χ3n) is 3.24. The molecular weight excluding hydrogens is 320 g/mol. The van der Waals surface area contributed by atoms with Crippen molar-refractivity contribution in [2.75, 3.05) is 5.94 Å². The summed E-state index contributed by atoms with van der Waals surface area (Å²) >= 11 is 1.57. The average Bonchev–Trinajstić information content (AvgIpc) is 2.64. The van der Waals surface area contributed by atoms with E-state index in [0.29, 0.717) is 23.0 Å². The lowest BCUT2D eigenvalue weighted by molar-refractivity contribution is 0.0731. The van der Waals surface area contributed by atoms with Crippen molar-refractivity contribution in [3.8, 4) is 11.5 Å². The first-order valence-electron chi connectivity index (χ1n) is 7.50. The summed E-state index contributed by atoms with van der Waals surface area (Å²) in [5.74, 6) is 1.01. The first-order valence-corrected chi connectivity index (χ1v) is 8.48. The van der Waals surface area contributed by atoms with Crippen molar-refractivity contribution in [1.82, 2.24) is 0 Å². The van der Waals surface area contributed by atoms with Crippen LogP contribution >= 0.6 is 11.8 Å². The summed E-state index contributed by atoms with van der Waals surface area (Å²) in [6.07, 6.45) is 0. The van der Waals surface area contributed by atoms with E-state index in [9.17, 15) is 4.79 Å². The van der Waals surface area contributed by atoms with Crippen molar-refractivity contribution in [3.63, 3.8) is 0 Å². The van der Waals surface area contributed by atoms with Gasteiger partial charge in [0, 0.05) is 4.90 Å². The highest BCUT2D eigenvalue weighted by molar-refractivity contribution is 7.99. The van der Waals surface area contributed by atoms with Crippen molar-refractivity contribution in [1.29, 1.82) is 0 Å². The predicted molar refractivity (Wildman–Crippen MR) is 95.6 cm³/mol. The minimum Gasteiger partial charge on any atom is -0.482 e. The van der Waals surface area contributed by atoms with Gasteiger partial charge in [-0.1, -0.05) is 60.3 Å². The number of carbonyl (C=O) groups excluding carboxylic acids is 1. The molecule has 3 nitrogen and oxygen atoms in total. The molecular formula is C20H16O3S. The molecule has 0 radical (unpaired) electrons. The predicted octanol–water partition coefficient (Wildman–Crippen LogP) is 5.03. The molecule has 0 saturated heterocycles. The highest BCUT2D eigenvalue weighted by Gasteiger charge is 2.14. The Bertz CT molecular complexity index is 788. The van der Waals surface area contributed by atoms with Crippen molar-refractivity contribution in [3.05, 3.63) is 90.5 Å². The molecule has 0 bridgehead atoms. The summed E-state index contributed by atoms with van der Waals surface area (Å²) in [5.41, 5.74) is 0.412. The van der Waals surface area contributed by atoms with Gasteiger partial charge in [0.25, 0.3) is 0 Å². The van der Waals surface area contributed by atoms with E-state index in [1.54, 1.807) is 42.1 Å². The monoisotopic (exact) mass is 336 g/mol. The first-order chi connectivity index (χ1) is 11.8. The minimum atomic E-state index is -0.429. The summed E-state index contributed by atoms with van der Waals surface area (Å²) in [7, 11) is 0. The highest BCUT2D eigenvalue weighted by atomic mass is 32.2. The lowest BCUT2D eigenvalue weighted by Gasteiger charge is -2.11. The molecule has 0 saturated carbocycles. The van der Waals surface area contributed by atoms with E-state index in [0.717, 1.165) is 4.90 Å². The van der Waals surface area contributed by atoms with E-state index >= 15 is 0 Å². The Morgan fingerprint density at radius 1 is 0.792 bits per heavy atom. The highest BCUT2D eigenvalue weighted by Crippen LogP contribution is 2.24. The molecule has 0 atom stereocenters. The maximum atomic E-state index is 12.4. The molecule has 0 amide bonds. The molecule has 3 rings (SSSR count). The summed E-state index contributed by atoms with van der Waals surface area (Å²) in [6.45, 7) is 0. The molecule has 3 aromatic rings. The zero-order valence-electron chi connectivity index (χ0n) is 12.9. The second-order valence-electron chi connectivity index (χ2n) is 4.92. The van der Waals surface area contributed by atoms with Crippen molar-refractivity contribution >= 4 is 17.7 Å². The summed E-state index contributed by atoms with van der Waals surface area (Å²) < 4.78 is 11.1. The molecule has 0 unspecified atom stereocenters. The van der Waals surface area contributed by atoms with Gasteiger partial charge >= 0.3 is 5.97 Å². The lowest BCUT2D eigenvalue weighted by Crippen LogP contribution is -2.10. The normalized spacial score (nSPS) is 10.2. The number of benzene rings is 3. The van der Waals surface area contributed by atoms with Gasteiger partial charge in [-0.05, 0) is 36.4 Å². The van der Waals surface area contributed by atoms with Crippen molar-refractivity contribution < 1.29 is 14.3 Å². The smallest absolute Gasteiger partial charge is 0.347 e. The molecule has 4 heteroatoms. The number of ether oxygens (including phenoxy) is 2. The van der Waals surface area contributed by atoms with Crippen LogP contribution in [0, 0.1) is 0 Å². The fourth-order valence-electron chi connectivity index (χ4n) is 2.09. The van der Waals surface area contributed by atoms with Crippen molar-refractivity contribution in [2.45, 2.75) is 4.90 Å². The van der Waals surface area contributed by atoms with Gasteiger partial charge in [-0.15, -0.1) is 0 Å². The van der Waals surface area contributed by atoms with Gasteiger partial charge in [0.1, 0.15) is 23.0 Å². The standard InChI is InChI=1S/C20H16O3S/c21-20(23-16-9-3-1-4-10-16)18-13-7-8-14-19(18)22-15-24-17-11-5-2-6-12-17/h1-14H,15H2. The number of hydrogen-bond acceptors (Lipinski definition) is 4. The van der Waals surface area contributed by atoms with Crippen LogP contribution in [0.2, 0.25) is 0 Å². The molecule has 0 aliphatic carbocycles.